The SMILES string of the molecule is Cc1ccc2oc(CNC(C)C)c(CC(C)C)c2c1. The molecule has 0 amide bonds. The van der Waals surface area contributed by atoms with Crippen molar-refractivity contribution in [2.45, 2.75) is 53.6 Å². The molecule has 2 heteroatoms. The number of rotatable bonds is 5. The first-order chi connectivity index (χ1) is 8.97. The number of benzene rings is 1. The van der Waals surface area contributed by atoms with Crippen molar-refractivity contribution in [2.75, 3.05) is 0 Å². The number of nitrogens with one attached hydrogen (secondary N) is 1. The van der Waals surface area contributed by atoms with Crippen molar-refractivity contribution in [3.05, 3.63) is 35.1 Å². The van der Waals surface area contributed by atoms with Crippen molar-refractivity contribution in [3.63, 3.8) is 0 Å². The molecule has 1 aromatic heterocycles. The third-order valence-corrected chi connectivity index (χ3v) is 3.31. The van der Waals surface area contributed by atoms with Crippen LogP contribution in [0.2, 0.25) is 0 Å². The van der Waals surface area contributed by atoms with Gasteiger partial charge in [0.05, 0.1) is 6.54 Å². The summed E-state index contributed by atoms with van der Waals surface area (Å²) in [5.41, 5.74) is 3.69. The Morgan fingerprint density at radius 1 is 1.16 bits per heavy atom. The molecule has 0 aliphatic heterocycles. The second kappa shape index (κ2) is 5.79. The van der Waals surface area contributed by atoms with Crippen LogP contribution in [-0.4, -0.2) is 6.04 Å². The van der Waals surface area contributed by atoms with Gasteiger partial charge >= 0.3 is 0 Å². The highest BCUT2D eigenvalue weighted by molar-refractivity contribution is 5.83. The number of aryl methyl sites for hydroxylation is 1. The van der Waals surface area contributed by atoms with E-state index >= 15 is 0 Å². The summed E-state index contributed by atoms with van der Waals surface area (Å²) in [5.74, 6) is 1.74. The molecule has 0 aliphatic rings. The summed E-state index contributed by atoms with van der Waals surface area (Å²) in [7, 11) is 0. The van der Waals surface area contributed by atoms with E-state index < -0.39 is 0 Å². The highest BCUT2D eigenvalue weighted by Gasteiger charge is 2.15. The Kier molecular flexibility index (Phi) is 4.31. The first-order valence-electron chi connectivity index (χ1n) is 7.21. The van der Waals surface area contributed by atoms with E-state index in [1.54, 1.807) is 0 Å². The van der Waals surface area contributed by atoms with Crippen molar-refractivity contribution in [2.24, 2.45) is 5.92 Å². The van der Waals surface area contributed by atoms with Crippen LogP contribution in [0.3, 0.4) is 0 Å². The van der Waals surface area contributed by atoms with Crippen LogP contribution in [-0.2, 0) is 13.0 Å². The van der Waals surface area contributed by atoms with Crippen LogP contribution in [0, 0.1) is 12.8 Å². The Morgan fingerprint density at radius 2 is 1.89 bits per heavy atom. The molecule has 0 radical (unpaired) electrons. The minimum absolute atomic E-state index is 0.474. The maximum atomic E-state index is 6.04. The number of furan rings is 1. The highest BCUT2D eigenvalue weighted by Crippen LogP contribution is 2.29. The van der Waals surface area contributed by atoms with Gasteiger partial charge in [-0.1, -0.05) is 39.3 Å². The first-order valence-corrected chi connectivity index (χ1v) is 7.21. The summed E-state index contributed by atoms with van der Waals surface area (Å²) < 4.78 is 6.04. The monoisotopic (exact) mass is 259 g/mol. The molecule has 2 rings (SSSR count). The van der Waals surface area contributed by atoms with Gasteiger partial charge in [-0.05, 0) is 31.4 Å². The van der Waals surface area contributed by atoms with Gasteiger partial charge in [-0.25, -0.2) is 0 Å². The van der Waals surface area contributed by atoms with E-state index in [1.807, 2.05) is 0 Å². The van der Waals surface area contributed by atoms with Crippen molar-refractivity contribution < 1.29 is 4.42 Å². The van der Waals surface area contributed by atoms with Crippen LogP contribution in [0.4, 0.5) is 0 Å². The molecule has 0 spiro atoms. The Hall–Kier alpha value is -1.28. The Labute approximate surface area is 116 Å². The zero-order valence-corrected chi connectivity index (χ0v) is 12.7. The zero-order chi connectivity index (χ0) is 14.0. The van der Waals surface area contributed by atoms with Crippen LogP contribution >= 0.6 is 0 Å². The Morgan fingerprint density at radius 3 is 2.53 bits per heavy atom. The van der Waals surface area contributed by atoms with Gasteiger partial charge in [0.1, 0.15) is 11.3 Å². The number of hydrogen-bond donors (Lipinski definition) is 1. The van der Waals surface area contributed by atoms with E-state index in [1.165, 1.54) is 16.5 Å². The predicted octanol–water partition coefficient (Wildman–Crippen LogP) is 4.44. The predicted molar refractivity (Wildman–Crippen MR) is 81.5 cm³/mol. The topological polar surface area (TPSA) is 25.2 Å². The van der Waals surface area contributed by atoms with Gasteiger partial charge in [0.2, 0.25) is 0 Å². The van der Waals surface area contributed by atoms with E-state index in [-0.39, 0.29) is 0 Å². The molecule has 0 saturated heterocycles. The molecule has 1 aromatic carbocycles. The van der Waals surface area contributed by atoms with Gasteiger partial charge in [0.15, 0.2) is 0 Å². The second-order valence-corrected chi connectivity index (χ2v) is 6.14. The summed E-state index contributed by atoms with van der Waals surface area (Å²) in [6.45, 7) is 11.8. The lowest BCUT2D eigenvalue weighted by atomic mass is 9.99. The van der Waals surface area contributed by atoms with Gasteiger partial charge in [0, 0.05) is 17.0 Å². The van der Waals surface area contributed by atoms with Crippen molar-refractivity contribution in [1.29, 1.82) is 0 Å². The van der Waals surface area contributed by atoms with E-state index in [0.717, 1.165) is 24.3 Å². The molecule has 1 heterocycles. The summed E-state index contributed by atoms with van der Waals surface area (Å²) in [6.07, 6.45) is 1.07. The van der Waals surface area contributed by atoms with E-state index in [9.17, 15) is 0 Å². The van der Waals surface area contributed by atoms with E-state index in [0.29, 0.717) is 12.0 Å². The second-order valence-electron chi connectivity index (χ2n) is 6.14. The molecule has 104 valence electrons. The first kappa shape index (κ1) is 14.1. The molecular weight excluding hydrogens is 234 g/mol. The summed E-state index contributed by atoms with van der Waals surface area (Å²) >= 11 is 0. The number of fused-ring (bicyclic) bond motifs is 1. The molecule has 19 heavy (non-hydrogen) atoms. The van der Waals surface area contributed by atoms with Crippen molar-refractivity contribution in [3.8, 4) is 0 Å². The Balaban J connectivity index is 2.42. The zero-order valence-electron chi connectivity index (χ0n) is 12.7. The van der Waals surface area contributed by atoms with Crippen LogP contribution in [0.15, 0.2) is 22.6 Å². The minimum Gasteiger partial charge on any atom is -0.459 e. The summed E-state index contributed by atoms with van der Waals surface area (Å²) in [6, 6.07) is 6.93. The molecule has 2 aromatic rings. The van der Waals surface area contributed by atoms with Crippen LogP contribution in [0.1, 0.15) is 44.6 Å². The van der Waals surface area contributed by atoms with Crippen LogP contribution < -0.4 is 5.32 Å². The van der Waals surface area contributed by atoms with Gasteiger partial charge in [0.25, 0.3) is 0 Å². The third kappa shape index (κ3) is 3.38. The molecule has 0 atom stereocenters. The molecule has 0 bridgehead atoms. The minimum atomic E-state index is 0.474. The molecule has 2 nitrogen and oxygen atoms in total. The van der Waals surface area contributed by atoms with Crippen LogP contribution in [0.5, 0.6) is 0 Å². The summed E-state index contributed by atoms with van der Waals surface area (Å²) in [4.78, 5) is 0. The quantitative estimate of drug-likeness (QED) is 0.859. The lowest BCUT2D eigenvalue weighted by Crippen LogP contribution is -2.22. The average Bonchev–Trinajstić information content (AvgIpc) is 2.64. The molecule has 0 aliphatic carbocycles. The van der Waals surface area contributed by atoms with Crippen molar-refractivity contribution in [1.82, 2.24) is 5.32 Å². The fourth-order valence-electron chi connectivity index (χ4n) is 2.38. The highest BCUT2D eigenvalue weighted by atomic mass is 16.3. The van der Waals surface area contributed by atoms with E-state index in [2.05, 4.69) is 58.1 Å². The molecule has 1 N–H and O–H groups in total. The lowest BCUT2D eigenvalue weighted by Gasteiger charge is -2.09. The largest absolute Gasteiger partial charge is 0.459 e. The van der Waals surface area contributed by atoms with Gasteiger partial charge in [-0.3, -0.25) is 0 Å². The maximum absolute atomic E-state index is 6.04. The molecule has 0 fully saturated rings. The fraction of sp³-hybridized carbons (Fsp3) is 0.529. The van der Waals surface area contributed by atoms with E-state index in [4.69, 9.17) is 4.42 Å². The Bertz CT molecular complexity index is 552. The maximum Gasteiger partial charge on any atom is 0.134 e. The molecular formula is C17H25NO. The van der Waals surface area contributed by atoms with Gasteiger partial charge < -0.3 is 9.73 Å². The summed E-state index contributed by atoms with van der Waals surface area (Å²) in [5, 5.41) is 4.74. The van der Waals surface area contributed by atoms with Gasteiger partial charge in [-0.15, -0.1) is 0 Å². The fourth-order valence-corrected chi connectivity index (χ4v) is 2.38. The van der Waals surface area contributed by atoms with Gasteiger partial charge in [-0.2, -0.15) is 0 Å². The molecule has 0 unspecified atom stereocenters. The molecule has 0 saturated carbocycles. The standard InChI is InChI=1S/C17H25NO/c1-11(2)8-14-15-9-13(5)6-7-16(15)19-17(14)10-18-12(3)4/h6-7,9,11-12,18H,8,10H2,1-5H3. The number of hydrogen-bond acceptors (Lipinski definition) is 2. The van der Waals surface area contributed by atoms with Crippen molar-refractivity contribution >= 4 is 11.0 Å². The lowest BCUT2D eigenvalue weighted by molar-refractivity contribution is 0.478. The average molecular weight is 259 g/mol. The smallest absolute Gasteiger partial charge is 0.134 e. The third-order valence-electron chi connectivity index (χ3n) is 3.31. The van der Waals surface area contributed by atoms with Crippen LogP contribution in [0.25, 0.3) is 11.0 Å². The normalized spacial score (nSPS) is 11.9.